The zero-order valence-corrected chi connectivity index (χ0v) is 10.1. The second-order valence-corrected chi connectivity index (χ2v) is 1.88. The van der Waals surface area contributed by atoms with Crippen LogP contribution in [-0.2, 0) is 0 Å². The maximum Gasteiger partial charge on any atom is 0.122 e. The Morgan fingerprint density at radius 2 is 1.14 bits per heavy atom. The van der Waals surface area contributed by atoms with Gasteiger partial charge < -0.3 is 9.47 Å². The monoisotopic (exact) mass is 198 g/mol. The molecule has 0 aliphatic rings. The molecule has 0 atom stereocenters. The molecule has 0 radical (unpaired) electrons. The van der Waals surface area contributed by atoms with Crippen molar-refractivity contribution in [2.45, 2.75) is 27.7 Å². The highest BCUT2D eigenvalue weighted by Crippen LogP contribution is 2.17. The number of benzene rings is 1. The Hall–Kier alpha value is -1.18. The van der Waals surface area contributed by atoms with Crippen molar-refractivity contribution >= 4 is 0 Å². The standard InChI is InChI=1S/C8H10O2.2C2H6/c1-9-7-4-3-5-8(6-7)10-2;2*1-2/h3-6H,1-2H3;2*1-2H3. The van der Waals surface area contributed by atoms with Gasteiger partial charge in [-0.05, 0) is 12.1 Å². The Morgan fingerprint density at radius 3 is 1.43 bits per heavy atom. The van der Waals surface area contributed by atoms with Crippen molar-refractivity contribution in [3.05, 3.63) is 24.3 Å². The zero-order valence-electron chi connectivity index (χ0n) is 10.1. The first-order valence-corrected chi connectivity index (χ1v) is 5.05. The molecule has 1 rings (SSSR count). The Kier molecular flexibility index (Phi) is 12.9. The molecule has 1 aromatic carbocycles. The minimum Gasteiger partial charge on any atom is -0.497 e. The third kappa shape index (κ3) is 6.35. The highest BCUT2D eigenvalue weighted by Gasteiger charge is 1.91. The van der Waals surface area contributed by atoms with Crippen LogP contribution < -0.4 is 9.47 Å². The van der Waals surface area contributed by atoms with Crippen LogP contribution in [0.2, 0.25) is 0 Å². The maximum atomic E-state index is 4.98. The molecule has 82 valence electrons. The molecular formula is C12H22O2. The van der Waals surface area contributed by atoms with Crippen LogP contribution in [0, 0.1) is 0 Å². The summed E-state index contributed by atoms with van der Waals surface area (Å²) in [5.41, 5.74) is 0. The molecule has 0 N–H and O–H groups in total. The number of hydrogen-bond donors (Lipinski definition) is 0. The van der Waals surface area contributed by atoms with E-state index in [1.54, 1.807) is 14.2 Å². The third-order valence-corrected chi connectivity index (χ3v) is 1.28. The second kappa shape index (κ2) is 11.8. The summed E-state index contributed by atoms with van der Waals surface area (Å²) in [5.74, 6) is 1.64. The van der Waals surface area contributed by atoms with Gasteiger partial charge in [0.15, 0.2) is 0 Å². The van der Waals surface area contributed by atoms with Crippen LogP contribution in [0.5, 0.6) is 11.5 Å². The van der Waals surface area contributed by atoms with E-state index < -0.39 is 0 Å². The first-order chi connectivity index (χ1) is 6.86. The van der Waals surface area contributed by atoms with E-state index >= 15 is 0 Å². The Labute approximate surface area is 87.9 Å². The van der Waals surface area contributed by atoms with Gasteiger partial charge in [0.1, 0.15) is 11.5 Å². The van der Waals surface area contributed by atoms with E-state index in [0.717, 1.165) is 11.5 Å². The van der Waals surface area contributed by atoms with E-state index in [0.29, 0.717) is 0 Å². The lowest BCUT2D eigenvalue weighted by molar-refractivity contribution is 0.394. The first-order valence-electron chi connectivity index (χ1n) is 5.05. The lowest BCUT2D eigenvalue weighted by Gasteiger charge is -2.01. The van der Waals surface area contributed by atoms with Crippen molar-refractivity contribution in [2.75, 3.05) is 14.2 Å². The lowest BCUT2D eigenvalue weighted by Crippen LogP contribution is -1.84. The predicted molar refractivity (Wildman–Crippen MR) is 62.2 cm³/mol. The van der Waals surface area contributed by atoms with Crippen LogP contribution in [-0.4, -0.2) is 14.2 Å². The van der Waals surface area contributed by atoms with E-state index in [-0.39, 0.29) is 0 Å². The normalized spacial score (nSPS) is 7.29. The quantitative estimate of drug-likeness (QED) is 0.720. The molecule has 0 spiro atoms. The Bertz CT molecular complexity index is 190. The van der Waals surface area contributed by atoms with Crippen LogP contribution in [0.25, 0.3) is 0 Å². The molecule has 14 heavy (non-hydrogen) atoms. The van der Waals surface area contributed by atoms with Gasteiger partial charge in [-0.3, -0.25) is 0 Å². The SMILES string of the molecule is CC.CC.COc1cccc(OC)c1. The molecule has 0 unspecified atom stereocenters. The largest absolute Gasteiger partial charge is 0.497 e. The minimum atomic E-state index is 0.819. The van der Waals surface area contributed by atoms with Gasteiger partial charge in [-0.25, -0.2) is 0 Å². The summed E-state index contributed by atoms with van der Waals surface area (Å²) in [7, 11) is 3.27. The molecular weight excluding hydrogens is 176 g/mol. The van der Waals surface area contributed by atoms with Crippen LogP contribution in [0.4, 0.5) is 0 Å². The molecule has 0 bridgehead atoms. The molecule has 0 amide bonds. The van der Waals surface area contributed by atoms with E-state index in [4.69, 9.17) is 9.47 Å². The predicted octanol–water partition coefficient (Wildman–Crippen LogP) is 3.76. The molecule has 0 saturated carbocycles. The Balaban J connectivity index is 0. The molecule has 0 heterocycles. The maximum absolute atomic E-state index is 4.98. The summed E-state index contributed by atoms with van der Waals surface area (Å²) in [5, 5.41) is 0. The number of rotatable bonds is 2. The fourth-order valence-corrected chi connectivity index (χ4v) is 0.728. The summed E-state index contributed by atoms with van der Waals surface area (Å²) in [6.45, 7) is 8.00. The average Bonchev–Trinajstić information content (AvgIpc) is 2.34. The Morgan fingerprint density at radius 1 is 0.786 bits per heavy atom. The lowest BCUT2D eigenvalue weighted by atomic mass is 10.3. The molecule has 1 aromatic rings. The number of methoxy groups -OCH3 is 2. The third-order valence-electron chi connectivity index (χ3n) is 1.28. The summed E-state index contributed by atoms with van der Waals surface area (Å²) in [4.78, 5) is 0. The first kappa shape index (κ1) is 15.3. The van der Waals surface area contributed by atoms with Crippen LogP contribution in [0.1, 0.15) is 27.7 Å². The van der Waals surface area contributed by atoms with Crippen LogP contribution in [0.15, 0.2) is 24.3 Å². The molecule has 2 nitrogen and oxygen atoms in total. The molecule has 0 aliphatic heterocycles. The highest BCUT2D eigenvalue weighted by atomic mass is 16.5. The van der Waals surface area contributed by atoms with E-state index in [1.165, 1.54) is 0 Å². The smallest absolute Gasteiger partial charge is 0.122 e. The topological polar surface area (TPSA) is 18.5 Å². The molecule has 0 aromatic heterocycles. The molecule has 0 saturated heterocycles. The van der Waals surface area contributed by atoms with Crippen LogP contribution in [0.3, 0.4) is 0 Å². The summed E-state index contributed by atoms with van der Waals surface area (Å²) < 4.78 is 9.95. The average molecular weight is 198 g/mol. The van der Waals surface area contributed by atoms with Gasteiger partial charge in [0.25, 0.3) is 0 Å². The van der Waals surface area contributed by atoms with Gasteiger partial charge >= 0.3 is 0 Å². The number of hydrogen-bond acceptors (Lipinski definition) is 2. The van der Waals surface area contributed by atoms with E-state index in [2.05, 4.69) is 0 Å². The fourth-order valence-electron chi connectivity index (χ4n) is 0.728. The summed E-state index contributed by atoms with van der Waals surface area (Å²) >= 11 is 0. The van der Waals surface area contributed by atoms with Crippen molar-refractivity contribution < 1.29 is 9.47 Å². The van der Waals surface area contributed by atoms with Gasteiger partial charge in [0, 0.05) is 6.07 Å². The van der Waals surface area contributed by atoms with Gasteiger partial charge in [0.2, 0.25) is 0 Å². The van der Waals surface area contributed by atoms with Crippen molar-refractivity contribution in [3.63, 3.8) is 0 Å². The van der Waals surface area contributed by atoms with Gasteiger partial charge in [-0.1, -0.05) is 33.8 Å². The molecule has 0 aliphatic carbocycles. The molecule has 2 heteroatoms. The minimum absolute atomic E-state index is 0.819. The van der Waals surface area contributed by atoms with Gasteiger partial charge in [0.05, 0.1) is 14.2 Å². The van der Waals surface area contributed by atoms with Crippen molar-refractivity contribution in [1.29, 1.82) is 0 Å². The van der Waals surface area contributed by atoms with Gasteiger partial charge in [-0.15, -0.1) is 0 Å². The van der Waals surface area contributed by atoms with E-state index in [9.17, 15) is 0 Å². The summed E-state index contributed by atoms with van der Waals surface area (Å²) in [6, 6.07) is 7.47. The van der Waals surface area contributed by atoms with Crippen LogP contribution >= 0.6 is 0 Å². The van der Waals surface area contributed by atoms with Crippen molar-refractivity contribution in [3.8, 4) is 11.5 Å². The van der Waals surface area contributed by atoms with Crippen molar-refractivity contribution in [2.24, 2.45) is 0 Å². The van der Waals surface area contributed by atoms with Gasteiger partial charge in [-0.2, -0.15) is 0 Å². The van der Waals surface area contributed by atoms with E-state index in [1.807, 2.05) is 52.0 Å². The fraction of sp³-hybridized carbons (Fsp3) is 0.500. The number of ether oxygens (including phenoxy) is 2. The highest BCUT2D eigenvalue weighted by molar-refractivity contribution is 5.32. The molecule has 0 fully saturated rings. The van der Waals surface area contributed by atoms with Crippen molar-refractivity contribution in [1.82, 2.24) is 0 Å². The zero-order chi connectivity index (χ0) is 11.4. The second-order valence-electron chi connectivity index (χ2n) is 1.88. The summed E-state index contributed by atoms with van der Waals surface area (Å²) in [6.07, 6.45) is 0.